The topological polar surface area (TPSA) is 35.2 Å². The third-order valence-electron chi connectivity index (χ3n) is 2.79. The Kier molecular flexibility index (Phi) is 6.16. The summed E-state index contributed by atoms with van der Waals surface area (Å²) in [6.07, 6.45) is 0. The second-order valence-corrected chi connectivity index (χ2v) is 4.41. The fourth-order valence-corrected chi connectivity index (χ4v) is 2.10. The van der Waals surface area contributed by atoms with E-state index in [4.69, 9.17) is 22.1 Å². The quantitative estimate of drug-likeness (QED) is 0.917. The molecule has 2 rings (SSSR count). The lowest BCUT2D eigenvalue weighted by Gasteiger charge is -2.14. The number of ether oxygens (including phenoxy) is 1. The monoisotopic (exact) mass is 297 g/mol. The van der Waals surface area contributed by atoms with Gasteiger partial charge in [-0.15, -0.1) is 12.4 Å². The van der Waals surface area contributed by atoms with Gasteiger partial charge in [0.05, 0.1) is 12.6 Å². The second kappa shape index (κ2) is 7.39. The summed E-state index contributed by atoms with van der Waals surface area (Å²) in [5.41, 5.74) is 8.17. The fourth-order valence-electron chi connectivity index (χ4n) is 1.84. The van der Waals surface area contributed by atoms with E-state index in [1.165, 1.54) is 0 Å². The first-order chi connectivity index (χ1) is 8.72. The Bertz CT molecular complexity index is 514. The van der Waals surface area contributed by atoms with Gasteiger partial charge >= 0.3 is 0 Å². The van der Waals surface area contributed by atoms with Crippen LogP contribution in [0.25, 0.3) is 0 Å². The molecule has 0 amide bonds. The maximum Gasteiger partial charge on any atom is 0.119 e. The Morgan fingerprint density at radius 1 is 1.11 bits per heavy atom. The zero-order valence-corrected chi connectivity index (χ0v) is 12.2. The highest BCUT2D eigenvalue weighted by Gasteiger charge is 2.11. The molecule has 102 valence electrons. The van der Waals surface area contributed by atoms with Crippen molar-refractivity contribution in [1.82, 2.24) is 0 Å². The number of hydrogen-bond acceptors (Lipinski definition) is 2. The van der Waals surface area contributed by atoms with Crippen LogP contribution in [0, 0.1) is 0 Å². The van der Waals surface area contributed by atoms with Crippen molar-refractivity contribution in [3.05, 3.63) is 64.7 Å². The summed E-state index contributed by atoms with van der Waals surface area (Å²) in [6, 6.07) is 15.2. The van der Waals surface area contributed by atoms with E-state index in [-0.39, 0.29) is 18.4 Å². The highest BCUT2D eigenvalue weighted by atomic mass is 35.5. The molecule has 0 radical (unpaired) electrons. The molecule has 2 aromatic rings. The van der Waals surface area contributed by atoms with E-state index in [0.29, 0.717) is 11.6 Å². The van der Waals surface area contributed by atoms with Crippen LogP contribution >= 0.6 is 24.0 Å². The summed E-state index contributed by atoms with van der Waals surface area (Å²) in [5.74, 6) is 0.854. The van der Waals surface area contributed by atoms with Gasteiger partial charge in [-0.2, -0.15) is 0 Å². The lowest BCUT2D eigenvalue weighted by atomic mass is 9.99. The molecule has 0 saturated carbocycles. The van der Waals surface area contributed by atoms with Gasteiger partial charge in [0.25, 0.3) is 0 Å². The zero-order chi connectivity index (χ0) is 13.0. The Morgan fingerprint density at radius 2 is 1.74 bits per heavy atom. The van der Waals surface area contributed by atoms with Gasteiger partial charge in [-0.25, -0.2) is 0 Å². The van der Waals surface area contributed by atoms with Crippen LogP contribution in [0.4, 0.5) is 0 Å². The minimum atomic E-state index is -0.214. The summed E-state index contributed by atoms with van der Waals surface area (Å²) < 4.78 is 5.40. The summed E-state index contributed by atoms with van der Waals surface area (Å²) in [5, 5.41) is 0.693. The van der Waals surface area contributed by atoms with Crippen LogP contribution in [0.5, 0.6) is 5.75 Å². The van der Waals surface area contributed by atoms with Crippen LogP contribution in [0.1, 0.15) is 24.1 Å². The predicted molar refractivity (Wildman–Crippen MR) is 82.3 cm³/mol. The van der Waals surface area contributed by atoms with Crippen LogP contribution in [0.15, 0.2) is 48.5 Å². The molecular weight excluding hydrogens is 281 g/mol. The van der Waals surface area contributed by atoms with Crippen molar-refractivity contribution in [2.45, 2.75) is 13.0 Å². The average molecular weight is 298 g/mol. The lowest BCUT2D eigenvalue weighted by Crippen LogP contribution is -2.12. The van der Waals surface area contributed by atoms with Crippen LogP contribution < -0.4 is 10.5 Å². The fraction of sp³-hybridized carbons (Fsp3) is 0.200. The summed E-state index contributed by atoms with van der Waals surface area (Å²) in [4.78, 5) is 0. The van der Waals surface area contributed by atoms with E-state index in [2.05, 4.69) is 0 Å². The standard InChI is InChI=1S/C15H16ClNO.ClH/c1-2-18-12-9-7-11(8-10-12)15(17)13-5-3-4-6-14(13)16;/h3-10,15H,2,17H2,1H3;1H. The molecule has 0 aromatic heterocycles. The molecule has 0 aliphatic rings. The first-order valence-corrected chi connectivity index (χ1v) is 6.33. The molecule has 0 fully saturated rings. The summed E-state index contributed by atoms with van der Waals surface area (Å²) in [7, 11) is 0. The number of hydrogen-bond donors (Lipinski definition) is 1. The van der Waals surface area contributed by atoms with Gasteiger partial charge in [0.2, 0.25) is 0 Å². The van der Waals surface area contributed by atoms with E-state index < -0.39 is 0 Å². The minimum Gasteiger partial charge on any atom is -0.494 e. The summed E-state index contributed by atoms with van der Waals surface area (Å²) >= 11 is 6.15. The normalized spacial score (nSPS) is 11.5. The first kappa shape index (κ1) is 15.8. The third kappa shape index (κ3) is 3.87. The molecule has 0 spiro atoms. The van der Waals surface area contributed by atoms with Crippen LogP contribution in [-0.4, -0.2) is 6.61 Å². The van der Waals surface area contributed by atoms with E-state index in [0.717, 1.165) is 16.9 Å². The molecule has 0 aliphatic carbocycles. The lowest BCUT2D eigenvalue weighted by molar-refractivity contribution is 0.340. The predicted octanol–water partition coefficient (Wildman–Crippen LogP) is 4.21. The smallest absolute Gasteiger partial charge is 0.119 e. The minimum absolute atomic E-state index is 0. The van der Waals surface area contributed by atoms with Crippen LogP contribution in [-0.2, 0) is 0 Å². The maximum atomic E-state index is 6.22. The third-order valence-corrected chi connectivity index (χ3v) is 3.13. The van der Waals surface area contributed by atoms with Crippen molar-refractivity contribution in [2.24, 2.45) is 5.73 Å². The van der Waals surface area contributed by atoms with Gasteiger partial charge in [0, 0.05) is 5.02 Å². The molecule has 2 nitrogen and oxygen atoms in total. The first-order valence-electron chi connectivity index (χ1n) is 5.95. The number of benzene rings is 2. The van der Waals surface area contributed by atoms with Gasteiger partial charge in [-0.05, 0) is 36.2 Å². The Labute approximate surface area is 124 Å². The van der Waals surface area contributed by atoms with Crippen molar-refractivity contribution in [2.75, 3.05) is 6.61 Å². The average Bonchev–Trinajstić information content (AvgIpc) is 2.40. The van der Waals surface area contributed by atoms with E-state index >= 15 is 0 Å². The van der Waals surface area contributed by atoms with Crippen molar-refractivity contribution in [3.63, 3.8) is 0 Å². The van der Waals surface area contributed by atoms with E-state index in [9.17, 15) is 0 Å². The van der Waals surface area contributed by atoms with Gasteiger partial charge in [-0.3, -0.25) is 0 Å². The Balaban J connectivity index is 0.00000180. The largest absolute Gasteiger partial charge is 0.494 e. The molecule has 4 heteroatoms. The Morgan fingerprint density at radius 3 is 2.32 bits per heavy atom. The van der Waals surface area contributed by atoms with Crippen LogP contribution in [0.2, 0.25) is 5.02 Å². The molecule has 0 saturated heterocycles. The van der Waals surface area contributed by atoms with Gasteiger partial charge < -0.3 is 10.5 Å². The second-order valence-electron chi connectivity index (χ2n) is 4.00. The molecule has 2 aromatic carbocycles. The van der Waals surface area contributed by atoms with Gasteiger partial charge in [0.1, 0.15) is 5.75 Å². The highest BCUT2D eigenvalue weighted by Crippen LogP contribution is 2.27. The highest BCUT2D eigenvalue weighted by molar-refractivity contribution is 6.31. The van der Waals surface area contributed by atoms with Crippen molar-refractivity contribution in [3.8, 4) is 5.75 Å². The number of halogens is 2. The molecule has 19 heavy (non-hydrogen) atoms. The van der Waals surface area contributed by atoms with Crippen molar-refractivity contribution >= 4 is 24.0 Å². The molecule has 0 heterocycles. The molecule has 0 bridgehead atoms. The van der Waals surface area contributed by atoms with Gasteiger partial charge in [0.15, 0.2) is 0 Å². The molecule has 1 unspecified atom stereocenters. The maximum absolute atomic E-state index is 6.22. The number of rotatable bonds is 4. The number of nitrogens with two attached hydrogens (primary N) is 1. The zero-order valence-electron chi connectivity index (χ0n) is 10.7. The molecule has 1 atom stereocenters. The Hall–Kier alpha value is -1.22. The molecular formula is C15H17Cl2NO. The van der Waals surface area contributed by atoms with Crippen LogP contribution in [0.3, 0.4) is 0 Å². The van der Waals surface area contributed by atoms with Gasteiger partial charge in [-0.1, -0.05) is 41.9 Å². The van der Waals surface area contributed by atoms with Crippen molar-refractivity contribution in [1.29, 1.82) is 0 Å². The van der Waals surface area contributed by atoms with E-state index in [1.807, 2.05) is 55.5 Å². The SMILES string of the molecule is CCOc1ccc(C(N)c2ccccc2Cl)cc1.Cl. The molecule has 0 aliphatic heterocycles. The van der Waals surface area contributed by atoms with Crippen molar-refractivity contribution < 1.29 is 4.74 Å². The van der Waals surface area contributed by atoms with E-state index in [1.54, 1.807) is 0 Å². The molecule has 2 N–H and O–H groups in total. The summed E-state index contributed by atoms with van der Waals surface area (Å²) in [6.45, 7) is 2.62.